The molecule has 0 spiro atoms. The number of hydrogen-bond acceptors (Lipinski definition) is 3. The van der Waals surface area contributed by atoms with Crippen molar-refractivity contribution in [1.29, 1.82) is 0 Å². The van der Waals surface area contributed by atoms with E-state index in [9.17, 15) is 14.4 Å². The molecule has 32 heavy (non-hydrogen) atoms. The van der Waals surface area contributed by atoms with Crippen LogP contribution in [-0.4, -0.2) is 24.3 Å². The first-order valence-electron chi connectivity index (χ1n) is 10.2. The van der Waals surface area contributed by atoms with Gasteiger partial charge in [0.05, 0.1) is 0 Å². The van der Waals surface area contributed by atoms with E-state index in [1.54, 1.807) is 66.7 Å². The molecular formula is C25H24ClN3O3. The van der Waals surface area contributed by atoms with Gasteiger partial charge in [-0.05, 0) is 67.4 Å². The summed E-state index contributed by atoms with van der Waals surface area (Å²) in [6.07, 6.45) is 0.746. The van der Waals surface area contributed by atoms with Crippen molar-refractivity contribution < 1.29 is 14.4 Å². The zero-order chi connectivity index (χ0) is 22.9. The molecule has 164 valence electrons. The van der Waals surface area contributed by atoms with Crippen molar-refractivity contribution >= 4 is 40.7 Å². The number of carbonyl (C=O) groups excluding carboxylic acids is 3. The lowest BCUT2D eigenvalue weighted by atomic mass is 10.1. The SMILES string of the molecule is Cc1c(NC(=O)CCCNC(=O)c2ccc(Cl)cc2)cccc1NC(=O)c1ccccc1. The van der Waals surface area contributed by atoms with Crippen LogP contribution < -0.4 is 16.0 Å². The average molecular weight is 450 g/mol. The fourth-order valence-corrected chi connectivity index (χ4v) is 3.18. The Morgan fingerprint density at radius 2 is 1.38 bits per heavy atom. The number of anilines is 2. The lowest BCUT2D eigenvalue weighted by Crippen LogP contribution is -2.25. The maximum absolute atomic E-state index is 12.4. The van der Waals surface area contributed by atoms with Crippen molar-refractivity contribution in [2.75, 3.05) is 17.2 Å². The molecule has 3 N–H and O–H groups in total. The minimum Gasteiger partial charge on any atom is -0.352 e. The van der Waals surface area contributed by atoms with Gasteiger partial charge in [-0.15, -0.1) is 0 Å². The second-order valence-electron chi connectivity index (χ2n) is 7.21. The van der Waals surface area contributed by atoms with Crippen LogP contribution in [0.3, 0.4) is 0 Å². The first-order chi connectivity index (χ1) is 15.4. The Balaban J connectivity index is 1.48. The second-order valence-corrected chi connectivity index (χ2v) is 7.65. The monoisotopic (exact) mass is 449 g/mol. The smallest absolute Gasteiger partial charge is 0.255 e. The summed E-state index contributed by atoms with van der Waals surface area (Å²) < 4.78 is 0. The van der Waals surface area contributed by atoms with Gasteiger partial charge < -0.3 is 16.0 Å². The molecule has 0 saturated heterocycles. The van der Waals surface area contributed by atoms with E-state index in [1.807, 2.05) is 13.0 Å². The molecule has 0 aromatic heterocycles. The Bertz CT molecular complexity index is 1100. The maximum Gasteiger partial charge on any atom is 0.255 e. The number of carbonyl (C=O) groups is 3. The highest BCUT2D eigenvalue weighted by molar-refractivity contribution is 6.30. The molecule has 0 unspecified atom stereocenters. The van der Waals surface area contributed by atoms with Crippen LogP contribution in [0.2, 0.25) is 5.02 Å². The summed E-state index contributed by atoms with van der Waals surface area (Å²) in [6, 6.07) is 20.9. The van der Waals surface area contributed by atoms with Crippen molar-refractivity contribution in [3.63, 3.8) is 0 Å². The van der Waals surface area contributed by atoms with Gasteiger partial charge in [-0.1, -0.05) is 35.9 Å². The third-order valence-corrected chi connectivity index (χ3v) is 5.12. The van der Waals surface area contributed by atoms with Crippen LogP contribution in [-0.2, 0) is 4.79 Å². The fraction of sp³-hybridized carbons (Fsp3) is 0.160. The maximum atomic E-state index is 12.4. The minimum absolute atomic E-state index is 0.166. The largest absolute Gasteiger partial charge is 0.352 e. The van der Waals surface area contributed by atoms with Gasteiger partial charge in [0, 0.05) is 40.5 Å². The van der Waals surface area contributed by atoms with Crippen LogP contribution in [0.15, 0.2) is 72.8 Å². The molecule has 0 aliphatic rings. The molecule has 0 atom stereocenters. The summed E-state index contributed by atoms with van der Waals surface area (Å²) in [4.78, 5) is 36.8. The van der Waals surface area contributed by atoms with Gasteiger partial charge in [-0.2, -0.15) is 0 Å². The summed E-state index contributed by atoms with van der Waals surface area (Å²) >= 11 is 5.82. The molecule has 0 aliphatic carbocycles. The highest BCUT2D eigenvalue weighted by Gasteiger charge is 2.11. The van der Waals surface area contributed by atoms with Gasteiger partial charge in [-0.3, -0.25) is 14.4 Å². The Kier molecular flexibility index (Phi) is 8.00. The lowest BCUT2D eigenvalue weighted by Gasteiger charge is -2.14. The number of amides is 3. The summed E-state index contributed by atoms with van der Waals surface area (Å²) in [5.74, 6) is -0.589. The first-order valence-corrected chi connectivity index (χ1v) is 10.6. The molecule has 0 bridgehead atoms. The molecule has 0 radical (unpaired) electrons. The van der Waals surface area contributed by atoms with Crippen LogP contribution in [0, 0.1) is 6.92 Å². The van der Waals surface area contributed by atoms with Gasteiger partial charge >= 0.3 is 0 Å². The molecule has 6 nitrogen and oxygen atoms in total. The Morgan fingerprint density at radius 1 is 0.750 bits per heavy atom. The van der Waals surface area contributed by atoms with Crippen LogP contribution in [0.5, 0.6) is 0 Å². The van der Waals surface area contributed by atoms with Gasteiger partial charge in [0.2, 0.25) is 5.91 Å². The van der Waals surface area contributed by atoms with Crippen molar-refractivity contribution in [1.82, 2.24) is 5.32 Å². The van der Waals surface area contributed by atoms with Crippen molar-refractivity contribution in [3.8, 4) is 0 Å². The summed E-state index contributed by atoms with van der Waals surface area (Å²) in [7, 11) is 0. The van der Waals surface area contributed by atoms with E-state index in [4.69, 9.17) is 11.6 Å². The van der Waals surface area contributed by atoms with Gasteiger partial charge in [0.1, 0.15) is 0 Å². The first kappa shape index (κ1) is 23.0. The summed E-state index contributed by atoms with van der Waals surface area (Å²) in [6.45, 7) is 2.21. The predicted octanol–water partition coefficient (Wildman–Crippen LogP) is 5.05. The number of halogens is 1. The summed E-state index contributed by atoms with van der Waals surface area (Å²) in [5.41, 5.74) is 3.10. The molecule has 3 rings (SSSR count). The predicted molar refractivity (Wildman–Crippen MR) is 127 cm³/mol. The van der Waals surface area contributed by atoms with Crippen LogP contribution in [0.4, 0.5) is 11.4 Å². The minimum atomic E-state index is -0.214. The standard InChI is InChI=1S/C25H24ClN3O3/c1-17-21(9-5-10-22(17)29-25(32)18-7-3-2-4-8-18)28-23(30)11-6-16-27-24(31)19-12-14-20(26)15-13-19/h2-5,7-10,12-15H,6,11,16H2,1H3,(H,27,31)(H,28,30)(H,29,32). The summed E-state index contributed by atoms with van der Waals surface area (Å²) in [5, 5.41) is 9.10. The molecule has 3 aromatic rings. The zero-order valence-corrected chi connectivity index (χ0v) is 18.4. The molecular weight excluding hydrogens is 426 g/mol. The molecule has 7 heteroatoms. The third kappa shape index (κ3) is 6.43. The van der Waals surface area contributed by atoms with Gasteiger partial charge in [0.15, 0.2) is 0 Å². The van der Waals surface area contributed by atoms with Crippen molar-refractivity contribution in [3.05, 3.63) is 94.5 Å². The number of hydrogen-bond donors (Lipinski definition) is 3. The molecule has 0 heterocycles. The molecule has 3 aromatic carbocycles. The van der Waals surface area contributed by atoms with Crippen molar-refractivity contribution in [2.45, 2.75) is 19.8 Å². The number of rotatable bonds is 8. The quantitative estimate of drug-likeness (QED) is 0.420. The van der Waals surface area contributed by atoms with Crippen LogP contribution >= 0.6 is 11.6 Å². The molecule has 0 fully saturated rings. The highest BCUT2D eigenvalue weighted by Crippen LogP contribution is 2.24. The van der Waals surface area contributed by atoms with E-state index in [-0.39, 0.29) is 24.1 Å². The molecule has 0 saturated carbocycles. The van der Waals surface area contributed by atoms with E-state index in [0.29, 0.717) is 40.5 Å². The van der Waals surface area contributed by atoms with E-state index in [2.05, 4.69) is 16.0 Å². The number of nitrogens with one attached hydrogen (secondary N) is 3. The Hall–Kier alpha value is -3.64. The van der Waals surface area contributed by atoms with E-state index in [0.717, 1.165) is 5.56 Å². The molecule has 3 amide bonds. The van der Waals surface area contributed by atoms with E-state index < -0.39 is 0 Å². The molecule has 0 aliphatic heterocycles. The van der Waals surface area contributed by atoms with E-state index >= 15 is 0 Å². The van der Waals surface area contributed by atoms with E-state index in [1.165, 1.54) is 0 Å². The third-order valence-electron chi connectivity index (χ3n) is 4.86. The zero-order valence-electron chi connectivity index (χ0n) is 17.7. The van der Waals surface area contributed by atoms with Gasteiger partial charge in [-0.25, -0.2) is 0 Å². The van der Waals surface area contributed by atoms with Crippen LogP contribution in [0.1, 0.15) is 39.1 Å². The average Bonchev–Trinajstić information content (AvgIpc) is 2.80. The number of benzene rings is 3. The topological polar surface area (TPSA) is 87.3 Å². The van der Waals surface area contributed by atoms with Gasteiger partial charge in [0.25, 0.3) is 11.8 Å². The van der Waals surface area contributed by atoms with Crippen LogP contribution in [0.25, 0.3) is 0 Å². The normalized spacial score (nSPS) is 10.3. The Labute approximate surface area is 192 Å². The second kappa shape index (κ2) is 11.1. The fourth-order valence-electron chi connectivity index (χ4n) is 3.06. The van der Waals surface area contributed by atoms with Crippen molar-refractivity contribution in [2.24, 2.45) is 0 Å². The lowest BCUT2D eigenvalue weighted by molar-refractivity contribution is -0.116. The highest BCUT2D eigenvalue weighted by atomic mass is 35.5. The Morgan fingerprint density at radius 3 is 2.06 bits per heavy atom.